The van der Waals surface area contributed by atoms with Gasteiger partial charge in [-0.15, -0.1) is 0 Å². The summed E-state index contributed by atoms with van der Waals surface area (Å²) >= 11 is 0. The second kappa shape index (κ2) is 9.19. The summed E-state index contributed by atoms with van der Waals surface area (Å²) in [6.45, 7) is 3.85. The van der Waals surface area contributed by atoms with Crippen LogP contribution in [0, 0.1) is 18.8 Å². The molecule has 0 aliphatic heterocycles. The molecule has 1 aromatic heterocycles. The number of nitrogens with two attached hydrogens (primary N) is 1. The fraction of sp³-hybridized carbons (Fsp3) is 0.360. The van der Waals surface area contributed by atoms with Crippen molar-refractivity contribution >= 4 is 28.9 Å². The number of hydrogen-bond acceptors (Lipinski definition) is 4. The zero-order valence-corrected chi connectivity index (χ0v) is 17.1. The predicted molar refractivity (Wildman–Crippen MR) is 123 cm³/mol. The van der Waals surface area contributed by atoms with Crippen LogP contribution < -0.4 is 11.1 Å². The van der Waals surface area contributed by atoms with E-state index in [9.17, 15) is 0 Å². The second-order valence-electron chi connectivity index (χ2n) is 8.21. The van der Waals surface area contributed by atoms with Crippen LogP contribution in [0.2, 0.25) is 0 Å². The molecule has 3 aromatic rings. The fourth-order valence-corrected chi connectivity index (χ4v) is 4.19. The minimum Gasteiger partial charge on any atom is -0.369 e. The number of nitrogens with one attached hydrogen (secondary N) is 1. The highest BCUT2D eigenvalue weighted by Crippen LogP contribution is 2.29. The van der Waals surface area contributed by atoms with Gasteiger partial charge in [-0.1, -0.05) is 54.5 Å². The molecule has 2 atom stereocenters. The number of anilines is 1. The fourth-order valence-electron chi connectivity index (χ4n) is 4.19. The summed E-state index contributed by atoms with van der Waals surface area (Å²) in [6, 6.07) is 16.7. The molecule has 0 radical (unpaired) electrons. The van der Waals surface area contributed by atoms with E-state index in [0.29, 0.717) is 11.8 Å². The molecule has 0 bridgehead atoms. The van der Waals surface area contributed by atoms with Gasteiger partial charge in [0.1, 0.15) is 5.82 Å². The lowest BCUT2D eigenvalue weighted by Gasteiger charge is -2.28. The van der Waals surface area contributed by atoms with E-state index in [-0.39, 0.29) is 0 Å². The highest BCUT2D eigenvalue weighted by molar-refractivity contribution is 5.90. The van der Waals surface area contributed by atoms with Gasteiger partial charge in [-0.3, -0.25) is 0 Å². The third-order valence-electron chi connectivity index (χ3n) is 5.91. The molecule has 2 unspecified atom stereocenters. The number of aryl methyl sites for hydroxylation is 1. The molecule has 4 rings (SSSR count). The average Bonchev–Trinajstić information content (AvgIpc) is 2.77. The van der Waals surface area contributed by atoms with Crippen molar-refractivity contribution in [2.24, 2.45) is 17.6 Å². The van der Waals surface area contributed by atoms with Crippen molar-refractivity contribution in [1.82, 2.24) is 9.97 Å². The molecule has 1 fully saturated rings. The smallest absolute Gasteiger partial charge is 0.154 e. The van der Waals surface area contributed by atoms with Gasteiger partial charge in [0, 0.05) is 11.9 Å². The highest BCUT2D eigenvalue weighted by Gasteiger charge is 2.21. The van der Waals surface area contributed by atoms with E-state index in [1.54, 1.807) is 0 Å². The largest absolute Gasteiger partial charge is 0.369 e. The van der Waals surface area contributed by atoms with Crippen molar-refractivity contribution in [2.75, 3.05) is 18.4 Å². The van der Waals surface area contributed by atoms with Crippen molar-refractivity contribution in [3.63, 3.8) is 0 Å². The Bertz CT molecular complexity index is 978. The zero-order chi connectivity index (χ0) is 20.1. The average molecular weight is 387 g/mol. The number of rotatable bonds is 6. The van der Waals surface area contributed by atoms with Crippen LogP contribution in [0.4, 0.5) is 5.82 Å². The van der Waals surface area contributed by atoms with E-state index in [1.807, 2.05) is 18.2 Å². The minimum absolute atomic E-state index is 0.664. The molecule has 4 nitrogen and oxygen atoms in total. The first-order valence-electron chi connectivity index (χ1n) is 10.7. The number of para-hydroxylation sites is 1. The van der Waals surface area contributed by atoms with Crippen LogP contribution in [-0.2, 0) is 0 Å². The topological polar surface area (TPSA) is 63.8 Å². The zero-order valence-electron chi connectivity index (χ0n) is 17.1. The van der Waals surface area contributed by atoms with Crippen molar-refractivity contribution in [2.45, 2.75) is 32.6 Å². The van der Waals surface area contributed by atoms with Crippen LogP contribution in [0.5, 0.6) is 0 Å². The molecule has 0 spiro atoms. The first-order chi connectivity index (χ1) is 14.2. The molecule has 4 heteroatoms. The Balaban J connectivity index is 1.55. The van der Waals surface area contributed by atoms with Gasteiger partial charge in [-0.2, -0.15) is 0 Å². The Kier molecular flexibility index (Phi) is 6.20. The number of aromatic nitrogens is 2. The van der Waals surface area contributed by atoms with Crippen molar-refractivity contribution < 1.29 is 0 Å². The van der Waals surface area contributed by atoms with E-state index in [2.05, 4.69) is 54.7 Å². The van der Waals surface area contributed by atoms with E-state index >= 15 is 0 Å². The standard InChI is InChI=1S/C25H30N4/c1-18-9-11-19(12-10-18)13-14-24-28-23-8-3-2-7-22(23)25(29-24)27-17-21-6-4-5-20(15-21)16-26/h2-3,7-14,20-21H,4-6,15-17,26H2,1H3,(H,27,28,29). The van der Waals surface area contributed by atoms with E-state index in [4.69, 9.17) is 15.7 Å². The molecule has 1 aliphatic carbocycles. The number of hydrogen-bond donors (Lipinski definition) is 2. The van der Waals surface area contributed by atoms with Gasteiger partial charge in [-0.25, -0.2) is 9.97 Å². The lowest BCUT2D eigenvalue weighted by Crippen LogP contribution is -2.26. The van der Waals surface area contributed by atoms with Gasteiger partial charge in [0.15, 0.2) is 5.82 Å². The van der Waals surface area contributed by atoms with Crippen LogP contribution >= 0.6 is 0 Å². The molecule has 29 heavy (non-hydrogen) atoms. The van der Waals surface area contributed by atoms with Gasteiger partial charge in [0.25, 0.3) is 0 Å². The molecular weight excluding hydrogens is 356 g/mol. The molecule has 3 N–H and O–H groups in total. The summed E-state index contributed by atoms with van der Waals surface area (Å²) in [5.74, 6) is 2.99. The summed E-state index contributed by atoms with van der Waals surface area (Å²) in [7, 11) is 0. The predicted octanol–water partition coefficient (Wildman–Crippen LogP) is 5.29. The Morgan fingerprint density at radius 3 is 2.62 bits per heavy atom. The summed E-state index contributed by atoms with van der Waals surface area (Å²) in [5, 5.41) is 4.70. The monoisotopic (exact) mass is 386 g/mol. The maximum atomic E-state index is 5.91. The van der Waals surface area contributed by atoms with Crippen LogP contribution in [0.25, 0.3) is 23.1 Å². The first kappa shape index (κ1) is 19.6. The van der Waals surface area contributed by atoms with Crippen LogP contribution in [0.3, 0.4) is 0 Å². The van der Waals surface area contributed by atoms with Gasteiger partial charge in [-0.05, 0) is 68.3 Å². The van der Waals surface area contributed by atoms with E-state index in [0.717, 1.165) is 41.2 Å². The molecule has 150 valence electrons. The molecule has 2 aromatic carbocycles. The van der Waals surface area contributed by atoms with E-state index < -0.39 is 0 Å². The van der Waals surface area contributed by atoms with Crippen molar-refractivity contribution in [3.8, 4) is 0 Å². The number of nitrogens with zero attached hydrogens (tertiary/aromatic N) is 2. The summed E-state index contributed by atoms with van der Waals surface area (Å²) in [4.78, 5) is 9.56. The number of benzene rings is 2. The molecule has 1 aliphatic rings. The molecule has 1 saturated carbocycles. The molecule has 1 heterocycles. The number of fused-ring (bicyclic) bond motifs is 1. The van der Waals surface area contributed by atoms with Crippen molar-refractivity contribution in [1.29, 1.82) is 0 Å². The summed E-state index contributed by atoms with van der Waals surface area (Å²) in [5.41, 5.74) is 9.29. The van der Waals surface area contributed by atoms with Crippen LogP contribution in [0.15, 0.2) is 48.5 Å². The Morgan fingerprint density at radius 1 is 1.00 bits per heavy atom. The quantitative estimate of drug-likeness (QED) is 0.604. The second-order valence-corrected chi connectivity index (χ2v) is 8.21. The third kappa shape index (κ3) is 5.01. The Hall–Kier alpha value is -2.72. The SMILES string of the molecule is Cc1ccc(C=Cc2nc(NCC3CCCC(CN)C3)c3ccccc3n2)cc1. The lowest BCUT2D eigenvalue weighted by atomic mass is 9.81. The molecular formula is C25H30N4. The first-order valence-corrected chi connectivity index (χ1v) is 10.7. The van der Waals surface area contributed by atoms with Crippen molar-refractivity contribution in [3.05, 3.63) is 65.5 Å². The van der Waals surface area contributed by atoms with Gasteiger partial charge in [0.2, 0.25) is 0 Å². The van der Waals surface area contributed by atoms with E-state index in [1.165, 1.54) is 31.2 Å². The van der Waals surface area contributed by atoms with Gasteiger partial charge < -0.3 is 11.1 Å². The normalized spacial score (nSPS) is 19.7. The highest BCUT2D eigenvalue weighted by atomic mass is 15.0. The van der Waals surface area contributed by atoms with Crippen LogP contribution in [0.1, 0.15) is 42.6 Å². The Labute approximate surface area is 173 Å². The lowest BCUT2D eigenvalue weighted by molar-refractivity contribution is 0.281. The maximum Gasteiger partial charge on any atom is 0.154 e. The third-order valence-corrected chi connectivity index (χ3v) is 5.91. The molecule has 0 amide bonds. The van der Waals surface area contributed by atoms with Gasteiger partial charge >= 0.3 is 0 Å². The Morgan fingerprint density at radius 2 is 1.79 bits per heavy atom. The minimum atomic E-state index is 0.664. The summed E-state index contributed by atoms with van der Waals surface area (Å²) < 4.78 is 0. The summed E-state index contributed by atoms with van der Waals surface area (Å²) in [6.07, 6.45) is 9.10. The van der Waals surface area contributed by atoms with Crippen LogP contribution in [-0.4, -0.2) is 23.1 Å². The maximum absolute atomic E-state index is 5.91. The molecule has 0 saturated heterocycles. The van der Waals surface area contributed by atoms with Gasteiger partial charge in [0.05, 0.1) is 5.52 Å².